The van der Waals surface area contributed by atoms with Crippen molar-refractivity contribution in [3.63, 3.8) is 0 Å². The van der Waals surface area contributed by atoms with E-state index in [1.54, 1.807) is 17.0 Å². The second kappa shape index (κ2) is 16.7. The van der Waals surface area contributed by atoms with Crippen LogP contribution < -0.4 is 14.4 Å². The second-order valence-corrected chi connectivity index (χ2v) is 13.5. The number of methoxy groups -OCH3 is 1. The fourth-order valence-corrected chi connectivity index (χ4v) is 6.13. The van der Waals surface area contributed by atoms with E-state index in [-0.39, 0.29) is 42.8 Å². The molecular weight excluding hydrogens is 654 g/mol. The van der Waals surface area contributed by atoms with E-state index in [1.807, 2.05) is 54.6 Å². The first-order valence-electron chi connectivity index (χ1n) is 14.2. The van der Waals surface area contributed by atoms with Gasteiger partial charge in [-0.15, -0.1) is 0 Å². The van der Waals surface area contributed by atoms with E-state index >= 15 is 0 Å². The zero-order valence-corrected chi connectivity index (χ0v) is 27.9. The number of sulfonamides is 1. The summed E-state index contributed by atoms with van der Waals surface area (Å²) >= 11 is 9.72. The van der Waals surface area contributed by atoms with Gasteiger partial charge in [0.2, 0.25) is 21.8 Å². The number of nitrogens with zero attached hydrogens (tertiary/aromatic N) is 2. The van der Waals surface area contributed by atoms with E-state index in [0.29, 0.717) is 24.4 Å². The first-order chi connectivity index (χ1) is 20.5. The summed E-state index contributed by atoms with van der Waals surface area (Å²) < 4.78 is 32.7. The predicted molar refractivity (Wildman–Crippen MR) is 176 cm³/mol. The van der Waals surface area contributed by atoms with Gasteiger partial charge in [0.05, 0.1) is 24.1 Å². The fourth-order valence-electron chi connectivity index (χ4n) is 4.66. The lowest BCUT2D eigenvalue weighted by Gasteiger charge is -2.32. The Balaban J connectivity index is 1.87. The molecule has 1 N–H and O–H groups in total. The van der Waals surface area contributed by atoms with Crippen LogP contribution in [0.1, 0.15) is 43.7 Å². The quantitative estimate of drug-likeness (QED) is 0.180. The van der Waals surface area contributed by atoms with E-state index in [4.69, 9.17) is 16.3 Å². The molecule has 11 heteroatoms. The van der Waals surface area contributed by atoms with Gasteiger partial charge < -0.3 is 15.0 Å². The van der Waals surface area contributed by atoms with E-state index in [1.165, 1.54) is 17.5 Å². The van der Waals surface area contributed by atoms with Crippen LogP contribution in [0.2, 0.25) is 5.02 Å². The van der Waals surface area contributed by atoms with Crippen molar-refractivity contribution in [1.29, 1.82) is 0 Å². The van der Waals surface area contributed by atoms with Crippen LogP contribution in [-0.4, -0.2) is 57.6 Å². The maximum atomic E-state index is 13.9. The van der Waals surface area contributed by atoms with Gasteiger partial charge in [-0.3, -0.25) is 13.9 Å². The standard InChI is InChI=1S/C32H39BrClN3O5S/c1-4-5-19-35-32(39)29(21-24-10-7-6-8-11-24)36(23-25-13-15-26(33)16-14-25)31(38)12-9-20-37(43(3,40)41)27-17-18-30(42-2)28(34)22-27/h6-8,10-11,13-18,22,29H,4-5,9,12,19-21,23H2,1-3H3,(H,35,39). The molecule has 0 heterocycles. The summed E-state index contributed by atoms with van der Waals surface area (Å²) in [5.41, 5.74) is 2.19. The molecule has 8 nitrogen and oxygen atoms in total. The minimum Gasteiger partial charge on any atom is -0.495 e. The highest BCUT2D eigenvalue weighted by Crippen LogP contribution is 2.30. The molecule has 0 radical (unpaired) electrons. The Kier molecular flexibility index (Phi) is 13.3. The minimum absolute atomic E-state index is 0.0416. The van der Waals surface area contributed by atoms with Gasteiger partial charge >= 0.3 is 0 Å². The smallest absolute Gasteiger partial charge is 0.243 e. The highest BCUT2D eigenvalue weighted by molar-refractivity contribution is 9.10. The summed E-state index contributed by atoms with van der Waals surface area (Å²) in [6.07, 6.45) is 3.51. The topological polar surface area (TPSA) is 96.0 Å². The van der Waals surface area contributed by atoms with Crippen LogP contribution in [0.15, 0.2) is 77.3 Å². The van der Waals surface area contributed by atoms with Crippen molar-refractivity contribution in [2.75, 3.05) is 30.8 Å². The highest BCUT2D eigenvalue weighted by Gasteiger charge is 2.30. The number of halogens is 2. The molecule has 0 spiro atoms. The number of unbranched alkanes of at least 4 members (excludes halogenated alkanes) is 1. The van der Waals surface area contributed by atoms with Crippen molar-refractivity contribution in [2.24, 2.45) is 0 Å². The van der Waals surface area contributed by atoms with Gasteiger partial charge in [-0.1, -0.05) is 83.3 Å². The first-order valence-corrected chi connectivity index (χ1v) is 17.2. The summed E-state index contributed by atoms with van der Waals surface area (Å²) in [5.74, 6) is -0.0246. The van der Waals surface area contributed by atoms with Crippen LogP contribution in [0.5, 0.6) is 5.75 Å². The highest BCUT2D eigenvalue weighted by atomic mass is 79.9. The summed E-state index contributed by atoms with van der Waals surface area (Å²) in [4.78, 5) is 29.1. The Hall–Kier alpha value is -3.08. The fraction of sp³-hybridized carbons (Fsp3) is 0.375. The molecule has 232 valence electrons. The molecule has 1 atom stereocenters. The average Bonchev–Trinajstić information content (AvgIpc) is 2.98. The normalized spacial score (nSPS) is 11.9. The van der Waals surface area contributed by atoms with Crippen LogP contribution in [0.4, 0.5) is 5.69 Å². The van der Waals surface area contributed by atoms with Gasteiger partial charge in [-0.2, -0.15) is 0 Å². The lowest BCUT2D eigenvalue weighted by molar-refractivity contribution is -0.141. The molecule has 2 amide bonds. The first kappa shape index (κ1) is 34.4. The van der Waals surface area contributed by atoms with Crippen molar-refractivity contribution in [3.05, 3.63) is 93.4 Å². The van der Waals surface area contributed by atoms with E-state index in [0.717, 1.165) is 34.7 Å². The number of rotatable bonds is 16. The monoisotopic (exact) mass is 691 g/mol. The Bertz CT molecular complexity index is 1460. The number of hydrogen-bond acceptors (Lipinski definition) is 5. The van der Waals surface area contributed by atoms with Crippen molar-refractivity contribution < 1.29 is 22.7 Å². The lowest BCUT2D eigenvalue weighted by Crippen LogP contribution is -2.50. The Labute approximate surface area is 268 Å². The molecule has 3 rings (SSSR count). The SMILES string of the molecule is CCCCNC(=O)C(Cc1ccccc1)N(Cc1ccc(Br)cc1)C(=O)CCCN(c1ccc(OC)c(Cl)c1)S(C)(=O)=O. The average molecular weight is 693 g/mol. The van der Waals surface area contributed by atoms with Crippen LogP contribution in [-0.2, 0) is 32.6 Å². The van der Waals surface area contributed by atoms with Gasteiger partial charge in [-0.25, -0.2) is 8.42 Å². The van der Waals surface area contributed by atoms with Crippen LogP contribution >= 0.6 is 27.5 Å². The van der Waals surface area contributed by atoms with Gasteiger partial charge in [-0.05, 0) is 54.3 Å². The number of carbonyl (C=O) groups is 2. The molecule has 0 aliphatic heterocycles. The molecule has 0 bridgehead atoms. The van der Waals surface area contributed by atoms with Gasteiger partial charge in [0.1, 0.15) is 11.8 Å². The van der Waals surface area contributed by atoms with Gasteiger partial charge in [0, 0.05) is 36.9 Å². The zero-order valence-electron chi connectivity index (χ0n) is 24.8. The number of nitrogens with one attached hydrogen (secondary N) is 1. The molecule has 0 aliphatic carbocycles. The summed E-state index contributed by atoms with van der Waals surface area (Å²) in [7, 11) is -2.19. The number of hydrogen-bond donors (Lipinski definition) is 1. The van der Waals surface area contributed by atoms with E-state index in [2.05, 4.69) is 28.2 Å². The van der Waals surface area contributed by atoms with Gasteiger partial charge in [0.25, 0.3) is 0 Å². The maximum Gasteiger partial charge on any atom is 0.243 e. The molecule has 0 aromatic heterocycles. The molecule has 0 aliphatic rings. The molecule has 0 fully saturated rings. The van der Waals surface area contributed by atoms with Crippen LogP contribution in [0.3, 0.4) is 0 Å². The largest absolute Gasteiger partial charge is 0.495 e. The number of carbonyl (C=O) groups excluding carboxylic acids is 2. The van der Waals surface area contributed by atoms with Crippen molar-refractivity contribution >= 4 is 55.1 Å². The molecule has 1 unspecified atom stereocenters. The summed E-state index contributed by atoms with van der Waals surface area (Å²) in [6.45, 7) is 2.87. The molecular formula is C32H39BrClN3O5S. The molecule has 3 aromatic rings. The maximum absolute atomic E-state index is 13.9. The second-order valence-electron chi connectivity index (χ2n) is 10.3. The Morgan fingerprint density at radius 2 is 1.70 bits per heavy atom. The number of ether oxygens (including phenoxy) is 1. The summed E-state index contributed by atoms with van der Waals surface area (Å²) in [6, 6.07) is 21.2. The third-order valence-electron chi connectivity index (χ3n) is 6.94. The van der Waals surface area contributed by atoms with E-state index in [9.17, 15) is 18.0 Å². The lowest BCUT2D eigenvalue weighted by atomic mass is 10.0. The number of amides is 2. The van der Waals surface area contributed by atoms with Crippen molar-refractivity contribution in [1.82, 2.24) is 10.2 Å². The number of anilines is 1. The van der Waals surface area contributed by atoms with Crippen LogP contribution in [0, 0.1) is 0 Å². The molecule has 0 saturated heterocycles. The third-order valence-corrected chi connectivity index (χ3v) is 8.96. The molecule has 43 heavy (non-hydrogen) atoms. The molecule has 0 saturated carbocycles. The zero-order chi connectivity index (χ0) is 31.4. The van der Waals surface area contributed by atoms with Gasteiger partial charge in [0.15, 0.2) is 0 Å². The minimum atomic E-state index is -3.67. The van der Waals surface area contributed by atoms with Crippen LogP contribution in [0.25, 0.3) is 0 Å². The van der Waals surface area contributed by atoms with Crippen molar-refractivity contribution in [3.8, 4) is 5.75 Å². The summed E-state index contributed by atoms with van der Waals surface area (Å²) in [5, 5.41) is 3.29. The Morgan fingerprint density at radius 1 is 1.00 bits per heavy atom. The predicted octanol–water partition coefficient (Wildman–Crippen LogP) is 6.21. The van der Waals surface area contributed by atoms with Crippen molar-refractivity contribution in [2.45, 2.75) is 51.6 Å². The van der Waals surface area contributed by atoms with E-state index < -0.39 is 16.1 Å². The Morgan fingerprint density at radius 3 is 2.30 bits per heavy atom. The number of benzene rings is 3. The third kappa shape index (κ3) is 10.5. The molecule has 3 aromatic carbocycles.